The van der Waals surface area contributed by atoms with E-state index < -0.39 is 0 Å². The van der Waals surface area contributed by atoms with E-state index in [0.29, 0.717) is 0 Å². The zero-order valence-corrected chi connectivity index (χ0v) is 7.46. The predicted octanol–water partition coefficient (Wildman–Crippen LogP) is 0.102. The van der Waals surface area contributed by atoms with Crippen molar-refractivity contribution < 1.29 is 4.74 Å². The average Bonchev–Trinajstić information content (AvgIpc) is 2.03. The first kappa shape index (κ1) is 8.48. The Balaban J connectivity index is 1.80. The molecule has 1 aliphatic carbocycles. The van der Waals surface area contributed by atoms with Crippen LogP contribution in [0.25, 0.3) is 0 Å². The van der Waals surface area contributed by atoms with Crippen LogP contribution < -0.4 is 11.1 Å². The first-order chi connectivity index (χ1) is 5.88. The molecule has 3 heteroatoms. The number of hydrogen-bond donors (Lipinski definition) is 2. The normalized spacial score (nSPS) is 34.2. The molecule has 0 amide bonds. The molecule has 3 N–H and O–H groups in total. The van der Waals surface area contributed by atoms with E-state index in [0.717, 1.165) is 25.6 Å². The van der Waals surface area contributed by atoms with Crippen molar-refractivity contribution >= 4 is 0 Å². The fourth-order valence-electron chi connectivity index (χ4n) is 1.96. The summed E-state index contributed by atoms with van der Waals surface area (Å²) in [5.41, 5.74) is 6.09. The van der Waals surface area contributed by atoms with Crippen LogP contribution in [0.4, 0.5) is 0 Å². The summed E-state index contributed by atoms with van der Waals surface area (Å²) in [6, 6.07) is 0.270. The summed E-state index contributed by atoms with van der Waals surface area (Å²) >= 11 is 0. The van der Waals surface area contributed by atoms with Crippen molar-refractivity contribution in [2.24, 2.45) is 11.7 Å². The molecule has 0 radical (unpaired) electrons. The van der Waals surface area contributed by atoms with Crippen molar-refractivity contribution in [1.29, 1.82) is 0 Å². The third-order valence-corrected chi connectivity index (χ3v) is 3.08. The van der Waals surface area contributed by atoms with E-state index in [9.17, 15) is 0 Å². The maximum absolute atomic E-state index is 6.09. The van der Waals surface area contributed by atoms with Crippen molar-refractivity contribution in [2.45, 2.75) is 31.4 Å². The standard InChI is InChI=1S/C9H18N2O/c10-9(7-2-1-3-7)8-6-11-4-5-12-8/h7-9,11H,1-6,10H2. The Morgan fingerprint density at radius 3 is 2.75 bits per heavy atom. The van der Waals surface area contributed by atoms with Gasteiger partial charge in [-0.3, -0.25) is 0 Å². The maximum atomic E-state index is 6.09. The fourth-order valence-corrected chi connectivity index (χ4v) is 1.96. The number of nitrogens with one attached hydrogen (secondary N) is 1. The van der Waals surface area contributed by atoms with E-state index in [1.54, 1.807) is 0 Å². The molecule has 2 aliphatic rings. The number of ether oxygens (including phenoxy) is 1. The van der Waals surface area contributed by atoms with E-state index in [1.807, 2.05) is 0 Å². The summed E-state index contributed by atoms with van der Waals surface area (Å²) in [6.07, 6.45) is 4.24. The van der Waals surface area contributed by atoms with Crippen molar-refractivity contribution in [3.8, 4) is 0 Å². The molecule has 2 unspecified atom stereocenters. The smallest absolute Gasteiger partial charge is 0.0853 e. The zero-order chi connectivity index (χ0) is 8.39. The lowest BCUT2D eigenvalue weighted by molar-refractivity contribution is -0.00933. The lowest BCUT2D eigenvalue weighted by Crippen LogP contribution is -2.53. The van der Waals surface area contributed by atoms with Gasteiger partial charge in [0.15, 0.2) is 0 Å². The molecule has 2 rings (SSSR count). The predicted molar refractivity (Wildman–Crippen MR) is 47.9 cm³/mol. The lowest BCUT2D eigenvalue weighted by atomic mass is 9.78. The van der Waals surface area contributed by atoms with Crippen molar-refractivity contribution in [3.05, 3.63) is 0 Å². The van der Waals surface area contributed by atoms with Gasteiger partial charge in [0.05, 0.1) is 12.7 Å². The Hall–Kier alpha value is -0.120. The zero-order valence-electron chi connectivity index (χ0n) is 7.46. The highest BCUT2D eigenvalue weighted by atomic mass is 16.5. The second-order valence-electron chi connectivity index (χ2n) is 3.88. The van der Waals surface area contributed by atoms with E-state index in [4.69, 9.17) is 10.5 Å². The van der Waals surface area contributed by atoms with Gasteiger partial charge in [0.1, 0.15) is 0 Å². The first-order valence-corrected chi connectivity index (χ1v) is 4.96. The van der Waals surface area contributed by atoms with Gasteiger partial charge in [-0.2, -0.15) is 0 Å². The number of hydrogen-bond acceptors (Lipinski definition) is 3. The van der Waals surface area contributed by atoms with Gasteiger partial charge in [-0.25, -0.2) is 0 Å². The highest BCUT2D eigenvalue weighted by Crippen LogP contribution is 2.30. The molecule has 0 spiro atoms. The molecule has 1 saturated heterocycles. The van der Waals surface area contributed by atoms with Gasteiger partial charge in [-0.15, -0.1) is 0 Å². The topological polar surface area (TPSA) is 47.3 Å². The highest BCUT2D eigenvalue weighted by molar-refractivity contribution is 4.88. The van der Waals surface area contributed by atoms with Crippen LogP contribution in [0.5, 0.6) is 0 Å². The van der Waals surface area contributed by atoms with Gasteiger partial charge in [0, 0.05) is 19.1 Å². The van der Waals surface area contributed by atoms with E-state index in [-0.39, 0.29) is 12.1 Å². The fraction of sp³-hybridized carbons (Fsp3) is 1.00. The molecular formula is C9H18N2O. The van der Waals surface area contributed by atoms with Crippen LogP contribution in [0.2, 0.25) is 0 Å². The monoisotopic (exact) mass is 170 g/mol. The molecule has 2 fully saturated rings. The number of nitrogens with two attached hydrogens (primary N) is 1. The summed E-state index contributed by atoms with van der Waals surface area (Å²) < 4.78 is 5.61. The van der Waals surface area contributed by atoms with Crippen LogP contribution in [0, 0.1) is 5.92 Å². The van der Waals surface area contributed by atoms with Crippen molar-refractivity contribution in [2.75, 3.05) is 19.7 Å². The van der Waals surface area contributed by atoms with Gasteiger partial charge in [0.25, 0.3) is 0 Å². The molecule has 0 bridgehead atoms. The first-order valence-electron chi connectivity index (χ1n) is 4.96. The van der Waals surface area contributed by atoms with Crippen LogP contribution in [0.1, 0.15) is 19.3 Å². The summed E-state index contributed by atoms with van der Waals surface area (Å²) in [4.78, 5) is 0. The van der Waals surface area contributed by atoms with Crippen LogP contribution in [-0.2, 0) is 4.74 Å². The van der Waals surface area contributed by atoms with Gasteiger partial charge < -0.3 is 15.8 Å². The molecule has 3 nitrogen and oxygen atoms in total. The van der Waals surface area contributed by atoms with Crippen LogP contribution in [0.3, 0.4) is 0 Å². The molecule has 0 aromatic carbocycles. The Bertz CT molecular complexity index is 141. The van der Waals surface area contributed by atoms with Gasteiger partial charge >= 0.3 is 0 Å². The summed E-state index contributed by atoms with van der Waals surface area (Å²) in [7, 11) is 0. The molecule has 70 valence electrons. The minimum absolute atomic E-state index is 0.268. The molecule has 2 atom stereocenters. The Kier molecular flexibility index (Phi) is 2.63. The van der Waals surface area contributed by atoms with Gasteiger partial charge in [-0.1, -0.05) is 6.42 Å². The third kappa shape index (κ3) is 1.63. The molecule has 12 heavy (non-hydrogen) atoms. The number of rotatable bonds is 2. The summed E-state index contributed by atoms with van der Waals surface area (Å²) in [5, 5.41) is 3.31. The Morgan fingerprint density at radius 2 is 2.25 bits per heavy atom. The van der Waals surface area contributed by atoms with Crippen LogP contribution in [-0.4, -0.2) is 31.8 Å². The Labute approximate surface area is 73.7 Å². The molecule has 1 aliphatic heterocycles. The molecular weight excluding hydrogens is 152 g/mol. The largest absolute Gasteiger partial charge is 0.374 e. The average molecular weight is 170 g/mol. The second kappa shape index (κ2) is 3.73. The summed E-state index contributed by atoms with van der Waals surface area (Å²) in [5.74, 6) is 0.731. The maximum Gasteiger partial charge on any atom is 0.0853 e. The van der Waals surface area contributed by atoms with Gasteiger partial charge in [0.2, 0.25) is 0 Å². The van der Waals surface area contributed by atoms with E-state index in [2.05, 4.69) is 5.32 Å². The van der Waals surface area contributed by atoms with Gasteiger partial charge in [-0.05, 0) is 18.8 Å². The lowest BCUT2D eigenvalue weighted by Gasteiger charge is -2.37. The highest BCUT2D eigenvalue weighted by Gasteiger charge is 2.31. The van der Waals surface area contributed by atoms with Crippen LogP contribution in [0.15, 0.2) is 0 Å². The van der Waals surface area contributed by atoms with E-state index >= 15 is 0 Å². The third-order valence-electron chi connectivity index (χ3n) is 3.08. The molecule has 1 heterocycles. The molecule has 1 saturated carbocycles. The van der Waals surface area contributed by atoms with Crippen molar-refractivity contribution in [1.82, 2.24) is 5.32 Å². The van der Waals surface area contributed by atoms with Crippen LogP contribution >= 0.6 is 0 Å². The van der Waals surface area contributed by atoms with Crippen molar-refractivity contribution in [3.63, 3.8) is 0 Å². The molecule has 0 aromatic heterocycles. The minimum Gasteiger partial charge on any atom is -0.374 e. The SMILES string of the molecule is NC(C1CCC1)C1CNCCO1. The Morgan fingerprint density at radius 1 is 1.42 bits per heavy atom. The van der Waals surface area contributed by atoms with E-state index in [1.165, 1.54) is 19.3 Å². The molecule has 0 aromatic rings. The summed E-state index contributed by atoms with van der Waals surface area (Å²) in [6.45, 7) is 2.75. The quantitative estimate of drug-likeness (QED) is 0.618. The second-order valence-corrected chi connectivity index (χ2v) is 3.88. The number of morpholine rings is 1. The minimum atomic E-state index is 0.268.